The molecule has 3 nitrogen and oxygen atoms in total. The van der Waals surface area contributed by atoms with Gasteiger partial charge in [0.05, 0.1) is 12.6 Å². The van der Waals surface area contributed by atoms with E-state index in [1.54, 1.807) is 0 Å². The van der Waals surface area contributed by atoms with Crippen molar-refractivity contribution in [3.63, 3.8) is 0 Å². The average Bonchev–Trinajstić information content (AvgIpc) is 2.02. The number of carbonyl (C=O) groups excluding carboxylic acids is 1. The molecule has 0 aromatic rings. The van der Waals surface area contributed by atoms with Crippen molar-refractivity contribution in [3.8, 4) is 0 Å². The fraction of sp³-hybridized carbons (Fsp3) is 0.900. The molecule has 1 rings (SSSR count). The van der Waals surface area contributed by atoms with Gasteiger partial charge >= 0.3 is 0 Å². The lowest BCUT2D eigenvalue weighted by atomic mass is 9.81. The Morgan fingerprint density at radius 2 is 1.85 bits per heavy atom. The molecule has 0 saturated carbocycles. The summed E-state index contributed by atoms with van der Waals surface area (Å²) >= 11 is 0. The normalized spacial score (nSPS) is 29.5. The van der Waals surface area contributed by atoms with Crippen LogP contribution in [0.3, 0.4) is 0 Å². The summed E-state index contributed by atoms with van der Waals surface area (Å²) in [7, 11) is 0. The summed E-state index contributed by atoms with van der Waals surface area (Å²) in [5.41, 5.74) is 0. The predicted octanol–water partition coefficient (Wildman–Crippen LogP) is 0.960. The van der Waals surface area contributed by atoms with Crippen molar-refractivity contribution >= 4 is 5.91 Å². The Kier molecular flexibility index (Phi) is 3.31. The van der Waals surface area contributed by atoms with Crippen LogP contribution in [0, 0.1) is 17.8 Å². The number of hydrogen-bond donors (Lipinski definition) is 2. The third kappa shape index (κ3) is 2.21. The van der Waals surface area contributed by atoms with Gasteiger partial charge in [0, 0.05) is 6.04 Å². The molecule has 2 atom stereocenters. The summed E-state index contributed by atoms with van der Waals surface area (Å²) < 4.78 is 0. The number of hydrogen-bond acceptors (Lipinski definition) is 2. The van der Waals surface area contributed by atoms with Gasteiger partial charge in [0.25, 0.3) is 0 Å². The van der Waals surface area contributed by atoms with Gasteiger partial charge in [-0.3, -0.25) is 10.1 Å². The summed E-state index contributed by atoms with van der Waals surface area (Å²) in [4.78, 5) is 11.6. The van der Waals surface area contributed by atoms with Crippen LogP contribution < -0.4 is 10.6 Å². The second-order valence-electron chi connectivity index (χ2n) is 4.46. The van der Waals surface area contributed by atoms with E-state index in [0.717, 1.165) is 0 Å². The SMILES string of the molecule is CC(C)C1NCNC(=O)C1C(C)C. The highest BCUT2D eigenvalue weighted by Crippen LogP contribution is 2.22. The zero-order chi connectivity index (χ0) is 10.0. The van der Waals surface area contributed by atoms with E-state index < -0.39 is 0 Å². The first kappa shape index (κ1) is 10.5. The number of carbonyl (C=O) groups is 1. The Bertz CT molecular complexity index is 189. The number of nitrogens with one attached hydrogen (secondary N) is 2. The van der Waals surface area contributed by atoms with Gasteiger partial charge in [-0.25, -0.2) is 0 Å². The Morgan fingerprint density at radius 1 is 1.23 bits per heavy atom. The zero-order valence-electron chi connectivity index (χ0n) is 8.92. The van der Waals surface area contributed by atoms with Crippen LogP contribution in [-0.4, -0.2) is 18.6 Å². The van der Waals surface area contributed by atoms with Gasteiger partial charge in [-0.1, -0.05) is 27.7 Å². The van der Waals surface area contributed by atoms with Gasteiger partial charge in [0.2, 0.25) is 5.91 Å². The molecular weight excluding hydrogens is 164 g/mol. The molecule has 1 amide bonds. The van der Waals surface area contributed by atoms with Gasteiger partial charge in [-0.05, 0) is 11.8 Å². The molecule has 2 unspecified atom stereocenters. The van der Waals surface area contributed by atoms with Crippen LogP contribution in [0.15, 0.2) is 0 Å². The van der Waals surface area contributed by atoms with Crippen LogP contribution in [0.2, 0.25) is 0 Å². The van der Waals surface area contributed by atoms with Crippen molar-refractivity contribution in [2.75, 3.05) is 6.67 Å². The summed E-state index contributed by atoms with van der Waals surface area (Å²) in [6.07, 6.45) is 0. The van der Waals surface area contributed by atoms with Gasteiger partial charge in [-0.15, -0.1) is 0 Å². The standard InChI is InChI=1S/C10H20N2O/c1-6(2)8-9(7(3)4)11-5-12-10(8)13/h6-9,11H,5H2,1-4H3,(H,12,13). The zero-order valence-corrected chi connectivity index (χ0v) is 8.92. The van der Waals surface area contributed by atoms with Gasteiger partial charge in [0.1, 0.15) is 0 Å². The van der Waals surface area contributed by atoms with Crippen LogP contribution in [0.5, 0.6) is 0 Å². The minimum absolute atomic E-state index is 0.119. The van der Waals surface area contributed by atoms with Crippen molar-refractivity contribution in [2.24, 2.45) is 17.8 Å². The van der Waals surface area contributed by atoms with E-state index in [9.17, 15) is 4.79 Å². The van der Waals surface area contributed by atoms with Crippen LogP contribution in [0.4, 0.5) is 0 Å². The van der Waals surface area contributed by atoms with E-state index in [0.29, 0.717) is 24.5 Å². The van der Waals surface area contributed by atoms with E-state index in [4.69, 9.17) is 0 Å². The second kappa shape index (κ2) is 4.09. The van der Waals surface area contributed by atoms with Crippen LogP contribution in [0.25, 0.3) is 0 Å². The van der Waals surface area contributed by atoms with Crippen LogP contribution >= 0.6 is 0 Å². The lowest BCUT2D eigenvalue weighted by Gasteiger charge is -2.36. The smallest absolute Gasteiger partial charge is 0.225 e. The molecule has 0 aromatic heterocycles. The fourth-order valence-corrected chi connectivity index (χ4v) is 2.03. The maximum absolute atomic E-state index is 11.6. The van der Waals surface area contributed by atoms with Crippen molar-refractivity contribution in [1.29, 1.82) is 0 Å². The molecule has 0 bridgehead atoms. The summed E-state index contributed by atoms with van der Waals surface area (Å²) in [5, 5.41) is 6.20. The molecule has 2 N–H and O–H groups in total. The van der Waals surface area contributed by atoms with Crippen molar-refractivity contribution < 1.29 is 4.79 Å². The van der Waals surface area contributed by atoms with Crippen molar-refractivity contribution in [3.05, 3.63) is 0 Å². The lowest BCUT2D eigenvalue weighted by molar-refractivity contribution is -0.130. The van der Waals surface area contributed by atoms with Crippen LogP contribution in [0.1, 0.15) is 27.7 Å². The van der Waals surface area contributed by atoms with E-state index in [-0.39, 0.29) is 11.8 Å². The molecule has 1 saturated heterocycles. The first-order valence-corrected chi connectivity index (χ1v) is 5.05. The molecule has 0 aliphatic carbocycles. The summed E-state index contributed by atoms with van der Waals surface area (Å²) in [5.74, 6) is 1.24. The maximum Gasteiger partial charge on any atom is 0.225 e. The Hall–Kier alpha value is -0.570. The lowest BCUT2D eigenvalue weighted by Crippen LogP contribution is -2.58. The topological polar surface area (TPSA) is 41.1 Å². The minimum Gasteiger partial charge on any atom is -0.343 e. The Balaban J connectivity index is 2.74. The van der Waals surface area contributed by atoms with Crippen molar-refractivity contribution in [2.45, 2.75) is 33.7 Å². The number of rotatable bonds is 2. The largest absolute Gasteiger partial charge is 0.343 e. The minimum atomic E-state index is 0.119. The maximum atomic E-state index is 11.6. The molecule has 76 valence electrons. The quantitative estimate of drug-likeness (QED) is 0.671. The molecule has 0 spiro atoms. The monoisotopic (exact) mass is 184 g/mol. The Morgan fingerprint density at radius 3 is 2.23 bits per heavy atom. The number of amides is 1. The fourth-order valence-electron chi connectivity index (χ4n) is 2.03. The van der Waals surface area contributed by atoms with E-state index >= 15 is 0 Å². The highest BCUT2D eigenvalue weighted by Gasteiger charge is 2.35. The van der Waals surface area contributed by atoms with Crippen LogP contribution in [-0.2, 0) is 4.79 Å². The third-order valence-corrected chi connectivity index (χ3v) is 2.73. The van der Waals surface area contributed by atoms with Gasteiger partial charge in [-0.2, -0.15) is 0 Å². The average molecular weight is 184 g/mol. The molecule has 3 heteroatoms. The van der Waals surface area contributed by atoms with Gasteiger partial charge < -0.3 is 5.32 Å². The molecule has 1 heterocycles. The highest BCUT2D eigenvalue weighted by atomic mass is 16.2. The highest BCUT2D eigenvalue weighted by molar-refractivity contribution is 5.80. The van der Waals surface area contributed by atoms with E-state index in [1.165, 1.54) is 0 Å². The molecule has 1 aliphatic rings. The Labute approximate surface area is 80.3 Å². The van der Waals surface area contributed by atoms with E-state index in [2.05, 4.69) is 38.3 Å². The van der Waals surface area contributed by atoms with E-state index in [1.807, 2.05) is 0 Å². The van der Waals surface area contributed by atoms with Crippen molar-refractivity contribution in [1.82, 2.24) is 10.6 Å². The van der Waals surface area contributed by atoms with Gasteiger partial charge in [0.15, 0.2) is 0 Å². The first-order chi connectivity index (χ1) is 6.04. The first-order valence-electron chi connectivity index (χ1n) is 5.05. The molecular formula is C10H20N2O. The summed E-state index contributed by atoms with van der Waals surface area (Å²) in [6.45, 7) is 9.14. The summed E-state index contributed by atoms with van der Waals surface area (Å²) in [6, 6.07) is 0.328. The molecule has 13 heavy (non-hydrogen) atoms. The predicted molar refractivity (Wildman–Crippen MR) is 53.1 cm³/mol. The molecule has 1 aliphatic heterocycles. The second-order valence-corrected chi connectivity index (χ2v) is 4.46. The molecule has 0 radical (unpaired) electrons. The third-order valence-electron chi connectivity index (χ3n) is 2.73. The molecule has 0 aromatic carbocycles. The molecule has 1 fully saturated rings.